The average molecular weight is 300 g/mol. The number of nitrogens with two attached hydrogens (primary N) is 1. The minimum Gasteiger partial charge on any atom is -0.492 e. The van der Waals surface area contributed by atoms with Gasteiger partial charge in [0.1, 0.15) is 10.6 Å². The van der Waals surface area contributed by atoms with Crippen molar-refractivity contribution in [3.63, 3.8) is 0 Å². The van der Waals surface area contributed by atoms with Crippen LogP contribution in [0.2, 0.25) is 0 Å². The van der Waals surface area contributed by atoms with Gasteiger partial charge < -0.3 is 14.8 Å². The van der Waals surface area contributed by atoms with Crippen LogP contribution in [0.1, 0.15) is 6.92 Å². The second-order valence-electron chi connectivity index (χ2n) is 4.60. The molecule has 1 aromatic rings. The van der Waals surface area contributed by atoms with E-state index in [9.17, 15) is 13.2 Å². The van der Waals surface area contributed by atoms with Crippen molar-refractivity contribution in [1.82, 2.24) is 0 Å². The van der Waals surface area contributed by atoms with Gasteiger partial charge in [0.25, 0.3) is 0 Å². The van der Waals surface area contributed by atoms with Crippen molar-refractivity contribution in [2.24, 2.45) is 11.1 Å². The molecule has 0 aliphatic carbocycles. The van der Waals surface area contributed by atoms with Crippen LogP contribution in [0.4, 0.5) is 5.69 Å². The molecule has 3 N–H and O–H groups in total. The second kappa shape index (κ2) is 5.78. The Labute approximate surface area is 117 Å². The number of carbonyl (C=O) groups excluding carboxylic acids is 1. The molecule has 1 amide bonds. The van der Waals surface area contributed by atoms with Crippen molar-refractivity contribution in [3.8, 4) is 5.75 Å². The number of hydrogen-bond acceptors (Lipinski definition) is 5. The number of rotatable bonds is 5. The van der Waals surface area contributed by atoms with Crippen molar-refractivity contribution < 1.29 is 22.7 Å². The molecule has 1 aliphatic rings. The van der Waals surface area contributed by atoms with Crippen LogP contribution in [0, 0.1) is 5.92 Å². The van der Waals surface area contributed by atoms with Gasteiger partial charge in [0.15, 0.2) is 0 Å². The third-order valence-corrected chi connectivity index (χ3v) is 3.68. The normalized spacial score (nSPS) is 15.5. The molecule has 0 unspecified atom stereocenters. The highest BCUT2D eigenvalue weighted by Gasteiger charge is 2.22. The van der Waals surface area contributed by atoms with Gasteiger partial charge in [-0.1, -0.05) is 0 Å². The maximum atomic E-state index is 11.6. The summed E-state index contributed by atoms with van der Waals surface area (Å²) in [5.41, 5.74) is 0.348. The molecule has 1 fully saturated rings. The lowest BCUT2D eigenvalue weighted by Gasteiger charge is -2.26. The Hall–Kier alpha value is -1.64. The number of primary sulfonamides is 1. The third-order valence-electron chi connectivity index (χ3n) is 2.75. The molecule has 0 atom stereocenters. The highest BCUT2D eigenvalue weighted by Crippen LogP contribution is 2.27. The molecule has 1 aromatic carbocycles. The van der Waals surface area contributed by atoms with Crippen LogP contribution in [0.5, 0.6) is 5.75 Å². The van der Waals surface area contributed by atoms with E-state index in [1.165, 1.54) is 19.1 Å². The van der Waals surface area contributed by atoms with E-state index in [-0.39, 0.29) is 22.5 Å². The molecule has 0 saturated carbocycles. The fourth-order valence-electron chi connectivity index (χ4n) is 1.72. The fraction of sp³-hybridized carbons (Fsp3) is 0.417. The van der Waals surface area contributed by atoms with Gasteiger partial charge in [-0.2, -0.15) is 0 Å². The quantitative estimate of drug-likeness (QED) is 0.814. The standard InChI is InChI=1S/C12H16N2O5S/c1-8(15)14-10-2-3-11(12(4-10)20(13,16)17)19-7-9-5-18-6-9/h2-4,9H,5-7H2,1H3,(H,14,15)(H2,13,16,17). The van der Waals surface area contributed by atoms with Gasteiger partial charge >= 0.3 is 0 Å². The van der Waals surface area contributed by atoms with Crippen LogP contribution in [-0.4, -0.2) is 34.1 Å². The van der Waals surface area contributed by atoms with E-state index in [2.05, 4.69) is 5.32 Å². The predicted octanol–water partition coefficient (Wildman–Crippen LogP) is 0.318. The van der Waals surface area contributed by atoms with Crippen LogP contribution in [-0.2, 0) is 19.6 Å². The average Bonchev–Trinajstić information content (AvgIpc) is 2.26. The van der Waals surface area contributed by atoms with E-state index < -0.39 is 10.0 Å². The second-order valence-corrected chi connectivity index (χ2v) is 6.13. The smallest absolute Gasteiger partial charge is 0.241 e. The fourth-order valence-corrected chi connectivity index (χ4v) is 2.42. The number of ether oxygens (including phenoxy) is 2. The zero-order valence-electron chi connectivity index (χ0n) is 11.0. The molecule has 7 nitrogen and oxygen atoms in total. The van der Waals surface area contributed by atoms with Crippen LogP contribution in [0.25, 0.3) is 0 Å². The number of benzene rings is 1. The summed E-state index contributed by atoms with van der Waals surface area (Å²) >= 11 is 0. The number of sulfonamides is 1. The van der Waals surface area contributed by atoms with E-state index in [4.69, 9.17) is 14.6 Å². The van der Waals surface area contributed by atoms with E-state index >= 15 is 0 Å². The molecule has 0 bridgehead atoms. The Kier molecular flexibility index (Phi) is 4.26. The molecule has 20 heavy (non-hydrogen) atoms. The predicted molar refractivity (Wildman–Crippen MR) is 71.9 cm³/mol. The molecule has 0 spiro atoms. The van der Waals surface area contributed by atoms with E-state index in [1.54, 1.807) is 6.07 Å². The molecule has 1 heterocycles. The van der Waals surface area contributed by atoms with Gasteiger partial charge in [0.05, 0.1) is 19.8 Å². The summed E-state index contributed by atoms with van der Waals surface area (Å²) in [6.45, 7) is 2.91. The number of hydrogen-bond donors (Lipinski definition) is 2. The number of nitrogens with one attached hydrogen (secondary N) is 1. The van der Waals surface area contributed by atoms with Gasteiger partial charge in [0.2, 0.25) is 15.9 Å². The van der Waals surface area contributed by atoms with Gasteiger partial charge in [0, 0.05) is 18.5 Å². The van der Waals surface area contributed by atoms with E-state index in [0.717, 1.165) is 0 Å². The van der Waals surface area contributed by atoms with Crippen molar-refractivity contribution in [2.75, 3.05) is 25.1 Å². The lowest BCUT2D eigenvalue weighted by Crippen LogP contribution is -2.32. The summed E-state index contributed by atoms with van der Waals surface area (Å²) in [7, 11) is -3.94. The first-order valence-corrected chi connectivity index (χ1v) is 7.56. The van der Waals surface area contributed by atoms with Crippen LogP contribution in [0.3, 0.4) is 0 Å². The lowest BCUT2D eigenvalue weighted by molar-refractivity contribution is -0.114. The largest absolute Gasteiger partial charge is 0.492 e. The van der Waals surface area contributed by atoms with Crippen LogP contribution < -0.4 is 15.2 Å². The molecule has 0 radical (unpaired) electrons. The molecule has 2 rings (SSSR count). The van der Waals surface area contributed by atoms with Gasteiger partial charge in [-0.25, -0.2) is 13.6 Å². The molecular weight excluding hydrogens is 284 g/mol. The van der Waals surface area contributed by atoms with Crippen LogP contribution in [0.15, 0.2) is 23.1 Å². The van der Waals surface area contributed by atoms with Crippen LogP contribution >= 0.6 is 0 Å². The third kappa shape index (κ3) is 3.69. The van der Waals surface area contributed by atoms with Gasteiger partial charge in [-0.15, -0.1) is 0 Å². The molecule has 1 saturated heterocycles. The summed E-state index contributed by atoms with van der Waals surface area (Å²) < 4.78 is 33.6. The van der Waals surface area contributed by atoms with Crippen molar-refractivity contribution in [2.45, 2.75) is 11.8 Å². The molecule has 110 valence electrons. The van der Waals surface area contributed by atoms with Crippen molar-refractivity contribution in [1.29, 1.82) is 0 Å². The Morgan fingerprint density at radius 1 is 1.50 bits per heavy atom. The summed E-state index contributed by atoms with van der Waals surface area (Å²) in [5, 5.41) is 7.66. The zero-order chi connectivity index (χ0) is 14.8. The Morgan fingerprint density at radius 2 is 2.20 bits per heavy atom. The van der Waals surface area contributed by atoms with E-state index in [0.29, 0.717) is 25.5 Å². The Balaban J connectivity index is 2.22. The van der Waals surface area contributed by atoms with Crippen molar-refractivity contribution >= 4 is 21.6 Å². The number of carbonyl (C=O) groups is 1. The lowest BCUT2D eigenvalue weighted by atomic mass is 10.1. The Bertz CT molecular complexity index is 610. The maximum absolute atomic E-state index is 11.6. The van der Waals surface area contributed by atoms with Gasteiger partial charge in [-0.05, 0) is 18.2 Å². The monoisotopic (exact) mass is 300 g/mol. The summed E-state index contributed by atoms with van der Waals surface area (Å²) in [5.74, 6) is 0.137. The number of anilines is 1. The summed E-state index contributed by atoms with van der Waals surface area (Å²) in [4.78, 5) is 10.8. The van der Waals surface area contributed by atoms with Gasteiger partial charge in [-0.3, -0.25) is 4.79 Å². The summed E-state index contributed by atoms with van der Waals surface area (Å²) in [6, 6.07) is 4.32. The first kappa shape index (κ1) is 14.8. The van der Waals surface area contributed by atoms with Crippen molar-refractivity contribution in [3.05, 3.63) is 18.2 Å². The Morgan fingerprint density at radius 3 is 2.70 bits per heavy atom. The maximum Gasteiger partial charge on any atom is 0.241 e. The molecule has 0 aromatic heterocycles. The first-order valence-electron chi connectivity index (χ1n) is 6.01. The highest BCUT2D eigenvalue weighted by atomic mass is 32.2. The topological polar surface area (TPSA) is 108 Å². The molecule has 1 aliphatic heterocycles. The minimum absolute atomic E-state index is 0.149. The number of amides is 1. The summed E-state index contributed by atoms with van der Waals surface area (Å²) in [6.07, 6.45) is 0. The first-order chi connectivity index (χ1) is 9.36. The SMILES string of the molecule is CC(=O)Nc1ccc(OCC2COC2)c(S(N)(=O)=O)c1. The minimum atomic E-state index is -3.94. The molecule has 8 heteroatoms. The molecular formula is C12H16N2O5S. The van der Waals surface area contributed by atoms with E-state index in [1.807, 2.05) is 0 Å². The zero-order valence-corrected chi connectivity index (χ0v) is 11.8. The highest BCUT2D eigenvalue weighted by molar-refractivity contribution is 7.89.